The van der Waals surface area contributed by atoms with Crippen LogP contribution < -0.4 is 10.1 Å². The van der Waals surface area contributed by atoms with Gasteiger partial charge in [0.2, 0.25) is 0 Å². The predicted octanol–water partition coefficient (Wildman–Crippen LogP) is 6.40. The Hall–Kier alpha value is -4.36. The fourth-order valence-corrected chi connectivity index (χ4v) is 4.89. The van der Waals surface area contributed by atoms with Crippen LogP contribution >= 0.6 is 11.8 Å². The van der Waals surface area contributed by atoms with E-state index in [0.29, 0.717) is 16.2 Å². The van der Waals surface area contributed by atoms with Crippen LogP contribution in [0.4, 0.5) is 10.5 Å². The second-order valence-corrected chi connectivity index (χ2v) is 9.67. The summed E-state index contributed by atoms with van der Waals surface area (Å²) < 4.78 is 5.66. The van der Waals surface area contributed by atoms with Crippen molar-refractivity contribution in [2.75, 3.05) is 11.9 Å². The highest BCUT2D eigenvalue weighted by Gasteiger charge is 2.35. The molecule has 1 aliphatic rings. The number of carbonyl (C=O) groups excluding carboxylic acids is 3. The molecule has 0 spiro atoms. The fraction of sp³-hybridized carbons (Fsp3) is 0.100. The molecule has 3 amide bonds. The van der Waals surface area contributed by atoms with Crippen LogP contribution in [0, 0.1) is 6.92 Å². The Labute approximate surface area is 218 Å². The van der Waals surface area contributed by atoms with Crippen molar-refractivity contribution in [2.24, 2.45) is 0 Å². The van der Waals surface area contributed by atoms with E-state index in [-0.39, 0.29) is 30.2 Å². The Morgan fingerprint density at radius 1 is 0.919 bits per heavy atom. The van der Waals surface area contributed by atoms with E-state index in [1.165, 1.54) is 4.90 Å². The highest BCUT2D eigenvalue weighted by molar-refractivity contribution is 8.18. The van der Waals surface area contributed by atoms with Gasteiger partial charge in [0.05, 0.1) is 11.4 Å². The third-order valence-electron chi connectivity index (χ3n) is 5.97. The number of thioether (sulfide) groups is 1. The molecule has 1 heterocycles. The summed E-state index contributed by atoms with van der Waals surface area (Å²) in [6.07, 6.45) is 1.67. The fourth-order valence-electron chi connectivity index (χ4n) is 4.05. The number of para-hydroxylation sites is 1. The first-order valence-electron chi connectivity index (χ1n) is 11.8. The zero-order valence-electron chi connectivity index (χ0n) is 20.1. The van der Waals surface area contributed by atoms with E-state index in [9.17, 15) is 14.4 Å². The smallest absolute Gasteiger partial charge is 0.293 e. The second kappa shape index (κ2) is 10.7. The number of hydrogen-bond donors (Lipinski definition) is 1. The first-order valence-corrected chi connectivity index (χ1v) is 12.6. The van der Waals surface area contributed by atoms with Gasteiger partial charge in [0.15, 0.2) is 6.61 Å². The van der Waals surface area contributed by atoms with E-state index in [4.69, 9.17) is 4.74 Å². The quantitative estimate of drug-likeness (QED) is 0.292. The normalized spacial score (nSPS) is 14.4. The Kier molecular flexibility index (Phi) is 7.05. The molecule has 1 saturated heterocycles. The van der Waals surface area contributed by atoms with Gasteiger partial charge in [0, 0.05) is 5.69 Å². The third-order valence-corrected chi connectivity index (χ3v) is 6.88. The van der Waals surface area contributed by atoms with E-state index < -0.39 is 0 Å². The minimum absolute atomic E-state index is 0.153. The van der Waals surface area contributed by atoms with Crippen LogP contribution in [0.3, 0.4) is 0 Å². The van der Waals surface area contributed by atoms with Gasteiger partial charge in [-0.2, -0.15) is 0 Å². The molecule has 0 aromatic heterocycles. The average Bonchev–Trinajstić information content (AvgIpc) is 3.16. The largest absolute Gasteiger partial charge is 0.484 e. The lowest BCUT2D eigenvalue weighted by Gasteiger charge is -2.13. The molecule has 7 heteroatoms. The Bertz CT molecular complexity index is 1550. The van der Waals surface area contributed by atoms with Crippen LogP contribution in [0.1, 0.15) is 16.7 Å². The summed E-state index contributed by atoms with van der Waals surface area (Å²) in [5.41, 5.74) is 3.30. The molecule has 0 saturated carbocycles. The van der Waals surface area contributed by atoms with Gasteiger partial charge in [0.25, 0.3) is 17.1 Å². The number of anilines is 1. The molecule has 37 heavy (non-hydrogen) atoms. The van der Waals surface area contributed by atoms with Crippen LogP contribution in [-0.2, 0) is 16.1 Å². The minimum atomic E-state index is -0.327. The van der Waals surface area contributed by atoms with Crippen molar-refractivity contribution in [3.8, 4) is 5.75 Å². The van der Waals surface area contributed by atoms with Gasteiger partial charge in [-0.25, -0.2) is 0 Å². The Morgan fingerprint density at radius 3 is 2.54 bits per heavy atom. The molecule has 5 rings (SSSR count). The minimum Gasteiger partial charge on any atom is -0.484 e. The third kappa shape index (κ3) is 5.73. The molecule has 1 N–H and O–H groups in total. The lowest BCUT2D eigenvalue weighted by atomic mass is 10.1. The number of nitrogens with zero attached hydrogens (tertiary/aromatic N) is 1. The van der Waals surface area contributed by atoms with Crippen molar-refractivity contribution in [1.29, 1.82) is 0 Å². The van der Waals surface area contributed by atoms with Gasteiger partial charge < -0.3 is 10.1 Å². The zero-order chi connectivity index (χ0) is 25.8. The van der Waals surface area contributed by atoms with Crippen LogP contribution in [0.2, 0.25) is 0 Å². The summed E-state index contributed by atoms with van der Waals surface area (Å²) in [5, 5.41) is 4.70. The van der Waals surface area contributed by atoms with Gasteiger partial charge in [0.1, 0.15) is 5.75 Å². The van der Waals surface area contributed by atoms with Crippen molar-refractivity contribution in [2.45, 2.75) is 13.5 Å². The molecule has 0 aliphatic carbocycles. The maximum atomic E-state index is 13.0. The molecule has 184 valence electrons. The monoisotopic (exact) mass is 508 g/mol. The number of ether oxygens (including phenoxy) is 1. The number of carbonyl (C=O) groups is 3. The lowest BCUT2D eigenvalue weighted by molar-refractivity contribution is -0.123. The summed E-state index contributed by atoms with van der Waals surface area (Å²) in [6.45, 7) is 1.98. The highest BCUT2D eigenvalue weighted by Crippen LogP contribution is 2.34. The summed E-state index contributed by atoms with van der Waals surface area (Å²) in [5.74, 6) is -0.106. The van der Waals surface area contributed by atoms with Crippen molar-refractivity contribution in [1.82, 2.24) is 4.90 Å². The highest BCUT2D eigenvalue weighted by atomic mass is 32.2. The molecule has 0 atom stereocenters. The first-order chi connectivity index (χ1) is 18.0. The van der Waals surface area contributed by atoms with E-state index in [0.717, 1.165) is 39.3 Å². The number of aryl methyl sites for hydroxylation is 1. The number of rotatable bonds is 7. The number of fused-ring (bicyclic) bond motifs is 1. The first kappa shape index (κ1) is 24.3. The number of benzene rings is 4. The van der Waals surface area contributed by atoms with Crippen molar-refractivity contribution >= 4 is 51.4 Å². The standard InChI is InChI=1S/C30H24N2O4S/c1-20-7-2-5-12-26(20)31-28(33)19-36-25-11-6-8-21(16-25)17-27-29(34)32(30(35)37-27)18-22-13-14-23-9-3-4-10-24(23)15-22/h2-17H,18-19H2,1H3,(H,31,33)/b27-17-. The maximum Gasteiger partial charge on any atom is 0.293 e. The predicted molar refractivity (Wildman–Crippen MR) is 147 cm³/mol. The molecular formula is C30H24N2O4S. The van der Waals surface area contributed by atoms with Crippen molar-refractivity contribution < 1.29 is 19.1 Å². The summed E-state index contributed by atoms with van der Waals surface area (Å²) >= 11 is 0.920. The van der Waals surface area contributed by atoms with E-state index in [1.807, 2.05) is 79.7 Å². The van der Waals surface area contributed by atoms with Crippen molar-refractivity contribution in [3.05, 3.63) is 113 Å². The zero-order valence-corrected chi connectivity index (χ0v) is 21.0. The van der Waals surface area contributed by atoms with E-state index >= 15 is 0 Å². The average molecular weight is 509 g/mol. The molecule has 0 unspecified atom stereocenters. The molecule has 4 aromatic rings. The number of nitrogens with one attached hydrogen (secondary N) is 1. The summed E-state index contributed by atoms with van der Waals surface area (Å²) in [4.78, 5) is 39.6. The van der Waals surface area contributed by atoms with Crippen LogP contribution in [0.25, 0.3) is 16.8 Å². The lowest BCUT2D eigenvalue weighted by Crippen LogP contribution is -2.27. The van der Waals surface area contributed by atoms with Crippen molar-refractivity contribution in [3.63, 3.8) is 0 Å². The molecule has 4 aromatic carbocycles. The van der Waals surface area contributed by atoms with Gasteiger partial charge in [-0.3, -0.25) is 19.3 Å². The molecule has 1 fully saturated rings. The molecule has 0 bridgehead atoms. The van der Waals surface area contributed by atoms with Gasteiger partial charge in [-0.1, -0.05) is 66.7 Å². The summed E-state index contributed by atoms with van der Waals surface area (Å²) in [7, 11) is 0. The maximum absolute atomic E-state index is 13.0. The number of amides is 3. The molecule has 6 nitrogen and oxygen atoms in total. The van der Waals surface area contributed by atoms with E-state index in [1.54, 1.807) is 24.3 Å². The molecule has 1 aliphatic heterocycles. The molecule has 0 radical (unpaired) electrons. The van der Waals surface area contributed by atoms with E-state index in [2.05, 4.69) is 5.32 Å². The van der Waals surface area contributed by atoms with Crippen LogP contribution in [0.15, 0.2) is 95.9 Å². The Balaban J connectivity index is 1.24. The van der Waals surface area contributed by atoms with Crippen LogP contribution in [0.5, 0.6) is 5.75 Å². The second-order valence-electron chi connectivity index (χ2n) is 8.67. The number of hydrogen-bond acceptors (Lipinski definition) is 5. The topological polar surface area (TPSA) is 75.7 Å². The van der Waals surface area contributed by atoms with Gasteiger partial charge >= 0.3 is 0 Å². The Morgan fingerprint density at radius 2 is 1.70 bits per heavy atom. The molecular weight excluding hydrogens is 484 g/mol. The summed E-state index contributed by atoms with van der Waals surface area (Å²) in [6, 6.07) is 28.5. The van der Waals surface area contributed by atoms with Gasteiger partial charge in [-0.05, 0) is 76.5 Å². The van der Waals surface area contributed by atoms with Crippen LogP contribution in [-0.4, -0.2) is 28.6 Å². The SMILES string of the molecule is Cc1ccccc1NC(=O)COc1cccc(/C=C2\SC(=O)N(Cc3ccc4ccccc4c3)C2=O)c1. The van der Waals surface area contributed by atoms with Gasteiger partial charge in [-0.15, -0.1) is 0 Å². The number of imide groups is 1.